The van der Waals surface area contributed by atoms with Crippen molar-refractivity contribution in [2.75, 3.05) is 25.6 Å². The van der Waals surface area contributed by atoms with Gasteiger partial charge in [-0.2, -0.15) is 0 Å². The first-order valence-corrected chi connectivity index (χ1v) is 4.70. The first-order chi connectivity index (χ1) is 6.72. The van der Waals surface area contributed by atoms with Crippen LogP contribution in [0.4, 0.5) is 5.69 Å². The summed E-state index contributed by atoms with van der Waals surface area (Å²) in [6.45, 7) is 2.91. The van der Waals surface area contributed by atoms with Crippen LogP contribution in [0.2, 0.25) is 0 Å². The van der Waals surface area contributed by atoms with Gasteiger partial charge in [-0.25, -0.2) is 0 Å². The molecule has 0 saturated heterocycles. The van der Waals surface area contributed by atoms with Gasteiger partial charge in [0.1, 0.15) is 0 Å². The summed E-state index contributed by atoms with van der Waals surface area (Å²) in [5.74, 6) is 0. The molecule has 1 unspecified atom stereocenters. The van der Waals surface area contributed by atoms with Crippen LogP contribution < -0.4 is 5.32 Å². The summed E-state index contributed by atoms with van der Waals surface area (Å²) in [7, 11) is 1.58. The Kier molecular flexibility index (Phi) is 4.43. The molecule has 1 atom stereocenters. The fraction of sp³-hybridized carbons (Fsp3) is 0.455. The second-order valence-corrected chi connectivity index (χ2v) is 3.36. The second kappa shape index (κ2) is 5.62. The minimum Gasteiger partial charge on any atom is -0.389 e. The topological polar surface area (TPSA) is 41.5 Å². The molecule has 0 heterocycles. The van der Waals surface area contributed by atoms with Crippen LogP contribution >= 0.6 is 0 Å². The van der Waals surface area contributed by atoms with E-state index < -0.39 is 6.10 Å². The van der Waals surface area contributed by atoms with Crippen LogP contribution in [-0.2, 0) is 4.74 Å². The van der Waals surface area contributed by atoms with Crippen LogP contribution in [0.25, 0.3) is 0 Å². The number of nitrogens with one attached hydrogen (secondary N) is 1. The fourth-order valence-corrected chi connectivity index (χ4v) is 1.24. The molecule has 0 fully saturated rings. The highest BCUT2D eigenvalue weighted by atomic mass is 16.5. The van der Waals surface area contributed by atoms with Crippen LogP contribution in [0, 0.1) is 6.92 Å². The lowest BCUT2D eigenvalue weighted by Gasteiger charge is -2.11. The monoisotopic (exact) mass is 195 g/mol. The van der Waals surface area contributed by atoms with Crippen LogP contribution in [-0.4, -0.2) is 31.5 Å². The van der Waals surface area contributed by atoms with Crippen molar-refractivity contribution in [3.63, 3.8) is 0 Å². The summed E-state index contributed by atoms with van der Waals surface area (Å²) in [6, 6.07) is 8.04. The van der Waals surface area contributed by atoms with E-state index in [9.17, 15) is 5.11 Å². The molecule has 1 aromatic carbocycles. The summed E-state index contributed by atoms with van der Waals surface area (Å²) < 4.78 is 4.83. The largest absolute Gasteiger partial charge is 0.389 e. The molecule has 1 aromatic rings. The lowest BCUT2D eigenvalue weighted by atomic mass is 10.2. The Balaban J connectivity index is 2.37. The Labute approximate surface area is 84.7 Å². The van der Waals surface area contributed by atoms with E-state index in [1.807, 2.05) is 31.2 Å². The highest BCUT2D eigenvalue weighted by Gasteiger charge is 2.02. The van der Waals surface area contributed by atoms with Gasteiger partial charge in [0.05, 0.1) is 12.7 Å². The maximum Gasteiger partial charge on any atom is 0.0945 e. The predicted octanol–water partition coefficient (Wildman–Crippen LogP) is 1.41. The number of ether oxygens (including phenoxy) is 1. The highest BCUT2D eigenvalue weighted by Crippen LogP contribution is 2.09. The van der Waals surface area contributed by atoms with Crippen molar-refractivity contribution in [3.05, 3.63) is 29.8 Å². The molecule has 0 saturated carbocycles. The lowest BCUT2D eigenvalue weighted by molar-refractivity contribution is 0.0727. The Hall–Kier alpha value is -1.06. The van der Waals surface area contributed by atoms with E-state index in [0.717, 1.165) is 5.69 Å². The molecular formula is C11H17NO2. The number of aliphatic hydroxyl groups excluding tert-OH is 1. The van der Waals surface area contributed by atoms with Crippen molar-refractivity contribution in [1.29, 1.82) is 0 Å². The molecule has 0 bridgehead atoms. The van der Waals surface area contributed by atoms with Crippen molar-refractivity contribution in [2.45, 2.75) is 13.0 Å². The molecule has 0 amide bonds. The van der Waals surface area contributed by atoms with Gasteiger partial charge in [-0.05, 0) is 24.6 Å². The smallest absolute Gasteiger partial charge is 0.0945 e. The molecule has 0 aliphatic rings. The molecule has 0 aromatic heterocycles. The third kappa shape index (κ3) is 3.77. The van der Waals surface area contributed by atoms with Gasteiger partial charge in [0.2, 0.25) is 0 Å². The number of methoxy groups -OCH3 is 1. The Morgan fingerprint density at radius 1 is 1.50 bits per heavy atom. The van der Waals surface area contributed by atoms with Crippen molar-refractivity contribution in [1.82, 2.24) is 0 Å². The van der Waals surface area contributed by atoms with Crippen molar-refractivity contribution in [2.24, 2.45) is 0 Å². The molecular weight excluding hydrogens is 178 g/mol. The number of hydrogen-bond donors (Lipinski definition) is 2. The van der Waals surface area contributed by atoms with E-state index in [4.69, 9.17) is 4.74 Å². The molecule has 14 heavy (non-hydrogen) atoms. The quantitative estimate of drug-likeness (QED) is 0.746. The maximum absolute atomic E-state index is 9.39. The number of hydrogen-bond acceptors (Lipinski definition) is 3. The standard InChI is InChI=1S/C11H17NO2/c1-9-4-3-5-10(6-9)12-7-11(13)8-14-2/h3-6,11-13H,7-8H2,1-2H3. The minimum atomic E-state index is -0.458. The first-order valence-electron chi connectivity index (χ1n) is 4.70. The van der Waals surface area contributed by atoms with E-state index >= 15 is 0 Å². The SMILES string of the molecule is COCC(O)CNc1cccc(C)c1. The number of benzene rings is 1. The van der Waals surface area contributed by atoms with Gasteiger partial charge < -0.3 is 15.2 Å². The number of anilines is 1. The number of rotatable bonds is 5. The van der Waals surface area contributed by atoms with Crippen LogP contribution in [0.1, 0.15) is 5.56 Å². The lowest BCUT2D eigenvalue weighted by Crippen LogP contribution is -2.24. The van der Waals surface area contributed by atoms with Crippen molar-refractivity contribution >= 4 is 5.69 Å². The van der Waals surface area contributed by atoms with Gasteiger partial charge in [0.15, 0.2) is 0 Å². The zero-order valence-electron chi connectivity index (χ0n) is 8.66. The molecule has 1 rings (SSSR count). The molecule has 0 spiro atoms. The van der Waals surface area contributed by atoms with Gasteiger partial charge in [0.25, 0.3) is 0 Å². The van der Waals surface area contributed by atoms with E-state index in [1.165, 1.54) is 5.56 Å². The van der Waals surface area contributed by atoms with Crippen LogP contribution in [0.3, 0.4) is 0 Å². The van der Waals surface area contributed by atoms with Crippen LogP contribution in [0.5, 0.6) is 0 Å². The Morgan fingerprint density at radius 3 is 2.93 bits per heavy atom. The van der Waals surface area contributed by atoms with Gasteiger partial charge in [-0.15, -0.1) is 0 Å². The zero-order chi connectivity index (χ0) is 10.4. The number of aryl methyl sites for hydroxylation is 1. The minimum absolute atomic E-state index is 0.360. The third-order valence-corrected chi connectivity index (χ3v) is 1.92. The zero-order valence-corrected chi connectivity index (χ0v) is 8.66. The molecule has 0 aliphatic heterocycles. The average Bonchev–Trinajstić information content (AvgIpc) is 2.15. The second-order valence-electron chi connectivity index (χ2n) is 3.36. The molecule has 78 valence electrons. The van der Waals surface area contributed by atoms with E-state index in [0.29, 0.717) is 13.2 Å². The van der Waals surface area contributed by atoms with Crippen molar-refractivity contribution in [3.8, 4) is 0 Å². The van der Waals surface area contributed by atoms with Gasteiger partial charge in [-0.1, -0.05) is 12.1 Å². The highest BCUT2D eigenvalue weighted by molar-refractivity contribution is 5.45. The summed E-state index contributed by atoms with van der Waals surface area (Å²) in [5.41, 5.74) is 2.23. The number of aliphatic hydroxyl groups is 1. The Bertz CT molecular complexity index is 276. The molecule has 0 radical (unpaired) electrons. The van der Waals surface area contributed by atoms with E-state index in [-0.39, 0.29) is 0 Å². The van der Waals surface area contributed by atoms with E-state index in [2.05, 4.69) is 5.32 Å². The Morgan fingerprint density at radius 2 is 2.29 bits per heavy atom. The average molecular weight is 195 g/mol. The van der Waals surface area contributed by atoms with Gasteiger partial charge >= 0.3 is 0 Å². The summed E-state index contributed by atoms with van der Waals surface area (Å²) >= 11 is 0. The van der Waals surface area contributed by atoms with Crippen molar-refractivity contribution < 1.29 is 9.84 Å². The molecule has 0 aliphatic carbocycles. The van der Waals surface area contributed by atoms with Gasteiger partial charge in [-0.3, -0.25) is 0 Å². The predicted molar refractivity (Wildman–Crippen MR) is 57.6 cm³/mol. The van der Waals surface area contributed by atoms with Gasteiger partial charge in [0, 0.05) is 19.3 Å². The molecule has 3 nitrogen and oxygen atoms in total. The molecule has 3 heteroatoms. The summed E-state index contributed by atoms with van der Waals surface area (Å²) in [5, 5.41) is 12.5. The first kappa shape index (κ1) is 11.0. The van der Waals surface area contributed by atoms with E-state index in [1.54, 1.807) is 7.11 Å². The third-order valence-electron chi connectivity index (χ3n) is 1.92. The maximum atomic E-state index is 9.39. The van der Waals surface area contributed by atoms with Crippen LogP contribution in [0.15, 0.2) is 24.3 Å². The summed E-state index contributed by atoms with van der Waals surface area (Å²) in [6.07, 6.45) is -0.458. The normalized spacial score (nSPS) is 12.5. The fourth-order valence-electron chi connectivity index (χ4n) is 1.24. The molecule has 2 N–H and O–H groups in total. The summed E-state index contributed by atoms with van der Waals surface area (Å²) in [4.78, 5) is 0.